The van der Waals surface area contributed by atoms with Crippen molar-refractivity contribution in [2.24, 2.45) is 0 Å². The van der Waals surface area contributed by atoms with Gasteiger partial charge in [-0.05, 0) is 26.6 Å². The van der Waals surface area contributed by atoms with Gasteiger partial charge in [-0.2, -0.15) is 0 Å². The SMILES string of the molecule is CN(C)CCCOc1cc(C(=O)O)c2ccccc2n1. The normalized spacial score (nSPS) is 10.9. The van der Waals surface area contributed by atoms with E-state index < -0.39 is 5.97 Å². The van der Waals surface area contributed by atoms with E-state index in [9.17, 15) is 9.90 Å². The molecular formula is C15H18N2O3. The number of pyridine rings is 1. The number of carbonyl (C=O) groups is 1. The second-order valence-corrected chi connectivity index (χ2v) is 4.84. The zero-order valence-corrected chi connectivity index (χ0v) is 11.7. The molecule has 0 amide bonds. The second kappa shape index (κ2) is 6.34. The first kappa shape index (κ1) is 14.3. The van der Waals surface area contributed by atoms with Crippen molar-refractivity contribution in [2.75, 3.05) is 27.2 Å². The van der Waals surface area contributed by atoms with Gasteiger partial charge in [-0.1, -0.05) is 18.2 Å². The number of fused-ring (bicyclic) bond motifs is 1. The standard InChI is InChI=1S/C15H18N2O3/c1-17(2)8-5-9-20-14-10-12(15(18)19)11-6-3-4-7-13(11)16-14/h3-4,6-7,10H,5,8-9H2,1-2H3,(H,18,19). The number of aromatic nitrogens is 1. The van der Waals surface area contributed by atoms with Crippen molar-refractivity contribution in [2.45, 2.75) is 6.42 Å². The van der Waals surface area contributed by atoms with E-state index >= 15 is 0 Å². The summed E-state index contributed by atoms with van der Waals surface area (Å²) in [5, 5.41) is 9.89. The number of rotatable bonds is 6. The lowest BCUT2D eigenvalue weighted by Crippen LogP contribution is -2.15. The van der Waals surface area contributed by atoms with Crippen LogP contribution < -0.4 is 4.74 Å². The molecule has 0 bridgehead atoms. The highest BCUT2D eigenvalue weighted by Gasteiger charge is 2.12. The fourth-order valence-electron chi connectivity index (χ4n) is 1.96. The van der Waals surface area contributed by atoms with E-state index in [1.807, 2.05) is 20.2 Å². The van der Waals surface area contributed by atoms with Crippen LogP contribution in [0, 0.1) is 0 Å². The van der Waals surface area contributed by atoms with Gasteiger partial charge < -0.3 is 14.7 Å². The molecule has 0 aliphatic carbocycles. The molecule has 0 radical (unpaired) electrons. The average Bonchev–Trinajstić information content (AvgIpc) is 2.42. The Balaban J connectivity index is 2.20. The minimum Gasteiger partial charge on any atom is -0.478 e. The zero-order valence-electron chi connectivity index (χ0n) is 11.7. The Kier molecular flexibility index (Phi) is 4.53. The average molecular weight is 274 g/mol. The van der Waals surface area contributed by atoms with Gasteiger partial charge in [0, 0.05) is 18.0 Å². The molecule has 0 atom stereocenters. The number of nitrogens with zero attached hydrogens (tertiary/aromatic N) is 2. The molecule has 1 N–H and O–H groups in total. The summed E-state index contributed by atoms with van der Waals surface area (Å²) in [6.45, 7) is 1.43. The van der Waals surface area contributed by atoms with Crippen LogP contribution in [0.25, 0.3) is 10.9 Å². The van der Waals surface area contributed by atoms with Gasteiger partial charge in [0.25, 0.3) is 0 Å². The Labute approximate surface area is 117 Å². The maximum Gasteiger partial charge on any atom is 0.336 e. The second-order valence-electron chi connectivity index (χ2n) is 4.84. The molecule has 106 valence electrons. The lowest BCUT2D eigenvalue weighted by atomic mass is 10.1. The summed E-state index contributed by atoms with van der Waals surface area (Å²) in [6, 6.07) is 8.65. The lowest BCUT2D eigenvalue weighted by molar-refractivity contribution is 0.0698. The van der Waals surface area contributed by atoms with Crippen LogP contribution >= 0.6 is 0 Å². The molecule has 0 saturated carbocycles. The summed E-state index contributed by atoms with van der Waals surface area (Å²) >= 11 is 0. The number of hydrogen-bond acceptors (Lipinski definition) is 4. The number of ether oxygens (including phenoxy) is 1. The van der Waals surface area contributed by atoms with Crippen LogP contribution in [0.2, 0.25) is 0 Å². The zero-order chi connectivity index (χ0) is 14.5. The molecule has 1 heterocycles. The van der Waals surface area contributed by atoms with Crippen LogP contribution in [-0.2, 0) is 0 Å². The fourth-order valence-corrected chi connectivity index (χ4v) is 1.96. The van der Waals surface area contributed by atoms with Crippen LogP contribution in [-0.4, -0.2) is 48.2 Å². The molecule has 5 heteroatoms. The Morgan fingerprint density at radius 1 is 1.35 bits per heavy atom. The number of benzene rings is 1. The van der Waals surface area contributed by atoms with Gasteiger partial charge in [0.05, 0.1) is 17.7 Å². The fraction of sp³-hybridized carbons (Fsp3) is 0.333. The minimum absolute atomic E-state index is 0.221. The number of carboxylic acid groups (broad SMARTS) is 1. The van der Waals surface area contributed by atoms with Crippen LogP contribution in [0.15, 0.2) is 30.3 Å². The maximum absolute atomic E-state index is 11.3. The van der Waals surface area contributed by atoms with Crippen LogP contribution in [0.4, 0.5) is 0 Å². The highest BCUT2D eigenvalue weighted by molar-refractivity contribution is 6.02. The molecule has 0 fully saturated rings. The molecule has 0 unspecified atom stereocenters. The molecule has 0 aliphatic heterocycles. The minimum atomic E-state index is -0.971. The molecule has 1 aromatic carbocycles. The van der Waals surface area contributed by atoms with Crippen molar-refractivity contribution in [3.63, 3.8) is 0 Å². The van der Waals surface area contributed by atoms with Crippen molar-refractivity contribution >= 4 is 16.9 Å². The van der Waals surface area contributed by atoms with E-state index in [1.54, 1.807) is 18.2 Å². The lowest BCUT2D eigenvalue weighted by Gasteiger charge is -2.11. The Bertz CT molecular complexity index is 611. The quantitative estimate of drug-likeness (QED) is 0.819. The first-order valence-electron chi connectivity index (χ1n) is 6.48. The molecule has 5 nitrogen and oxygen atoms in total. The maximum atomic E-state index is 11.3. The summed E-state index contributed by atoms with van der Waals surface area (Å²) in [4.78, 5) is 17.7. The van der Waals surface area contributed by atoms with Crippen LogP contribution in [0.5, 0.6) is 5.88 Å². The van der Waals surface area contributed by atoms with E-state index in [-0.39, 0.29) is 5.56 Å². The first-order valence-corrected chi connectivity index (χ1v) is 6.48. The highest BCUT2D eigenvalue weighted by atomic mass is 16.5. The summed E-state index contributed by atoms with van der Waals surface area (Å²) in [6.07, 6.45) is 0.865. The van der Waals surface area contributed by atoms with E-state index in [2.05, 4.69) is 9.88 Å². The highest BCUT2D eigenvalue weighted by Crippen LogP contribution is 2.22. The molecule has 1 aromatic heterocycles. The van der Waals surface area contributed by atoms with E-state index in [4.69, 9.17) is 4.74 Å². The number of para-hydroxylation sites is 1. The molecule has 0 saturated heterocycles. The largest absolute Gasteiger partial charge is 0.478 e. The van der Waals surface area contributed by atoms with Crippen LogP contribution in [0.3, 0.4) is 0 Å². The van der Waals surface area contributed by atoms with Crippen molar-refractivity contribution in [3.8, 4) is 5.88 Å². The van der Waals surface area contributed by atoms with Crippen LogP contribution in [0.1, 0.15) is 16.8 Å². The Morgan fingerprint density at radius 2 is 2.10 bits per heavy atom. The monoisotopic (exact) mass is 274 g/mol. The van der Waals surface area contributed by atoms with E-state index in [1.165, 1.54) is 6.07 Å². The molecule has 2 aromatic rings. The third kappa shape index (κ3) is 3.45. The van der Waals surface area contributed by atoms with Gasteiger partial charge in [0.15, 0.2) is 0 Å². The predicted octanol–water partition coefficient (Wildman–Crippen LogP) is 2.26. The van der Waals surface area contributed by atoms with Gasteiger partial charge in [-0.3, -0.25) is 0 Å². The molecular weight excluding hydrogens is 256 g/mol. The van der Waals surface area contributed by atoms with Gasteiger partial charge in [-0.25, -0.2) is 9.78 Å². The van der Waals surface area contributed by atoms with Crippen molar-refractivity contribution in [1.82, 2.24) is 9.88 Å². The third-order valence-corrected chi connectivity index (χ3v) is 2.92. The number of carboxylic acids is 1. The van der Waals surface area contributed by atoms with Crippen molar-refractivity contribution in [1.29, 1.82) is 0 Å². The topological polar surface area (TPSA) is 62.7 Å². The summed E-state index contributed by atoms with van der Waals surface area (Å²) in [7, 11) is 3.99. The molecule has 20 heavy (non-hydrogen) atoms. The van der Waals surface area contributed by atoms with Gasteiger partial charge in [-0.15, -0.1) is 0 Å². The van der Waals surface area contributed by atoms with Crippen molar-refractivity contribution < 1.29 is 14.6 Å². The number of aromatic carboxylic acids is 1. The first-order chi connectivity index (χ1) is 9.58. The summed E-state index contributed by atoms with van der Waals surface area (Å²) < 4.78 is 5.55. The summed E-state index contributed by atoms with van der Waals surface area (Å²) in [5.41, 5.74) is 0.855. The molecule has 0 aliphatic rings. The van der Waals surface area contributed by atoms with Gasteiger partial charge >= 0.3 is 5.97 Å². The van der Waals surface area contributed by atoms with Gasteiger partial charge in [0.2, 0.25) is 5.88 Å². The van der Waals surface area contributed by atoms with Gasteiger partial charge in [0.1, 0.15) is 0 Å². The number of hydrogen-bond donors (Lipinski definition) is 1. The Hall–Kier alpha value is -2.14. The Morgan fingerprint density at radius 3 is 2.80 bits per heavy atom. The van der Waals surface area contributed by atoms with E-state index in [0.29, 0.717) is 23.4 Å². The molecule has 2 rings (SSSR count). The third-order valence-electron chi connectivity index (χ3n) is 2.92. The smallest absolute Gasteiger partial charge is 0.336 e. The predicted molar refractivity (Wildman–Crippen MR) is 77.4 cm³/mol. The van der Waals surface area contributed by atoms with Crippen molar-refractivity contribution in [3.05, 3.63) is 35.9 Å². The summed E-state index contributed by atoms with van der Waals surface area (Å²) in [5.74, 6) is -0.610. The van der Waals surface area contributed by atoms with E-state index in [0.717, 1.165) is 13.0 Å². The molecule has 0 spiro atoms.